The lowest BCUT2D eigenvalue weighted by Gasteiger charge is -2.29. The number of aromatic nitrogens is 4. The van der Waals surface area contributed by atoms with Crippen molar-refractivity contribution in [2.45, 2.75) is 6.42 Å². The van der Waals surface area contributed by atoms with Gasteiger partial charge in [-0.25, -0.2) is 4.98 Å². The van der Waals surface area contributed by atoms with Crippen molar-refractivity contribution in [2.24, 2.45) is 0 Å². The molecule has 7 heteroatoms. The Morgan fingerprint density at radius 3 is 2.82 bits per heavy atom. The zero-order valence-electron chi connectivity index (χ0n) is 15.3. The number of pyridine rings is 1. The van der Waals surface area contributed by atoms with Crippen molar-refractivity contribution in [3.63, 3.8) is 0 Å². The number of hydrogen-bond donors (Lipinski definition) is 0. The van der Waals surface area contributed by atoms with E-state index in [0.717, 1.165) is 35.3 Å². The van der Waals surface area contributed by atoms with Gasteiger partial charge in [-0.15, -0.1) is 0 Å². The van der Waals surface area contributed by atoms with Gasteiger partial charge in [-0.05, 0) is 11.5 Å². The van der Waals surface area contributed by atoms with Crippen molar-refractivity contribution in [2.75, 3.05) is 31.2 Å². The third-order valence-electron chi connectivity index (χ3n) is 5.01. The summed E-state index contributed by atoms with van der Waals surface area (Å²) < 4.78 is 7.27. The maximum absolute atomic E-state index is 13.0. The van der Waals surface area contributed by atoms with E-state index in [9.17, 15) is 4.79 Å². The second kappa shape index (κ2) is 7.01. The Kier molecular flexibility index (Phi) is 4.21. The zero-order valence-corrected chi connectivity index (χ0v) is 15.3. The van der Waals surface area contributed by atoms with Crippen LogP contribution in [-0.2, 0) is 11.2 Å². The Hall–Kier alpha value is -3.32. The number of morpholine rings is 1. The number of carbonyl (C=O) groups excluding carboxylic acids is 1. The van der Waals surface area contributed by atoms with Crippen LogP contribution >= 0.6 is 0 Å². The molecule has 1 fully saturated rings. The van der Waals surface area contributed by atoms with E-state index in [1.54, 1.807) is 12.4 Å². The van der Waals surface area contributed by atoms with Crippen molar-refractivity contribution in [3.8, 4) is 0 Å². The summed E-state index contributed by atoms with van der Waals surface area (Å²) in [5.41, 5.74) is 1.94. The van der Waals surface area contributed by atoms with Gasteiger partial charge in [-0.1, -0.05) is 24.3 Å². The number of rotatable bonds is 4. The number of nitrogens with zero attached hydrogens (tertiary/aromatic N) is 5. The molecule has 4 heterocycles. The van der Waals surface area contributed by atoms with Crippen molar-refractivity contribution in [1.29, 1.82) is 0 Å². The van der Waals surface area contributed by atoms with Crippen LogP contribution in [0.4, 0.5) is 5.82 Å². The lowest BCUT2D eigenvalue weighted by atomic mass is 10.0. The molecule has 28 heavy (non-hydrogen) atoms. The number of ketones is 1. The standard InChI is InChI=1S/C21H19N5O2/c27-18(21-17-4-2-1-3-15(17)5-7-22-21)13-16-14-20(25-9-11-28-12-10-25)26-19(24-16)6-8-23-26/h1-8,14H,9-13H2. The fraction of sp³-hybridized carbons (Fsp3) is 0.238. The first kappa shape index (κ1) is 16.8. The van der Waals surface area contributed by atoms with Gasteiger partial charge in [0.2, 0.25) is 0 Å². The van der Waals surface area contributed by atoms with Crippen LogP contribution in [0.5, 0.6) is 0 Å². The highest BCUT2D eigenvalue weighted by Gasteiger charge is 2.19. The van der Waals surface area contributed by atoms with E-state index in [-0.39, 0.29) is 12.2 Å². The normalized spacial score (nSPS) is 14.6. The summed E-state index contributed by atoms with van der Waals surface area (Å²) in [6.45, 7) is 2.94. The molecule has 0 atom stereocenters. The summed E-state index contributed by atoms with van der Waals surface area (Å²) in [7, 11) is 0. The van der Waals surface area contributed by atoms with Gasteiger partial charge >= 0.3 is 0 Å². The molecular formula is C21H19N5O2. The molecule has 0 saturated carbocycles. The molecule has 3 aromatic heterocycles. The van der Waals surface area contributed by atoms with Crippen molar-refractivity contribution >= 4 is 28.0 Å². The van der Waals surface area contributed by atoms with Gasteiger partial charge in [0.05, 0.1) is 31.5 Å². The molecule has 0 amide bonds. The second-order valence-corrected chi connectivity index (χ2v) is 6.79. The number of carbonyl (C=O) groups is 1. The largest absolute Gasteiger partial charge is 0.378 e. The van der Waals surface area contributed by atoms with Crippen LogP contribution < -0.4 is 4.90 Å². The van der Waals surface area contributed by atoms with E-state index in [1.165, 1.54) is 0 Å². The lowest BCUT2D eigenvalue weighted by Crippen LogP contribution is -2.37. The van der Waals surface area contributed by atoms with Gasteiger partial charge in [0.15, 0.2) is 11.4 Å². The average Bonchev–Trinajstić information content (AvgIpc) is 3.22. The Balaban J connectivity index is 1.51. The highest BCUT2D eigenvalue weighted by Crippen LogP contribution is 2.21. The first-order valence-electron chi connectivity index (χ1n) is 9.33. The molecule has 1 aromatic carbocycles. The van der Waals surface area contributed by atoms with E-state index in [0.29, 0.717) is 24.6 Å². The smallest absolute Gasteiger partial charge is 0.187 e. The summed E-state index contributed by atoms with van der Waals surface area (Å²) in [6.07, 6.45) is 3.60. The molecule has 140 valence electrons. The van der Waals surface area contributed by atoms with Crippen LogP contribution in [0.3, 0.4) is 0 Å². The first-order chi connectivity index (χ1) is 13.8. The molecule has 4 aromatic rings. The quantitative estimate of drug-likeness (QED) is 0.512. The van der Waals surface area contributed by atoms with Gasteiger partial charge in [0, 0.05) is 36.8 Å². The van der Waals surface area contributed by atoms with Gasteiger partial charge in [-0.2, -0.15) is 9.61 Å². The number of ether oxygens (including phenoxy) is 1. The molecule has 1 saturated heterocycles. The summed E-state index contributed by atoms with van der Waals surface area (Å²) in [5.74, 6) is 0.896. The van der Waals surface area contributed by atoms with Crippen LogP contribution in [0.2, 0.25) is 0 Å². The van der Waals surface area contributed by atoms with Gasteiger partial charge in [0.1, 0.15) is 11.5 Å². The minimum absolute atomic E-state index is 0.0407. The molecule has 0 radical (unpaired) electrons. The van der Waals surface area contributed by atoms with Crippen LogP contribution in [-0.4, -0.2) is 51.7 Å². The topological polar surface area (TPSA) is 72.6 Å². The summed E-state index contributed by atoms with van der Waals surface area (Å²) in [5, 5.41) is 6.27. The van der Waals surface area contributed by atoms with E-state index in [4.69, 9.17) is 4.74 Å². The van der Waals surface area contributed by atoms with Crippen LogP contribution in [0, 0.1) is 0 Å². The minimum Gasteiger partial charge on any atom is -0.378 e. The second-order valence-electron chi connectivity index (χ2n) is 6.79. The molecule has 0 unspecified atom stereocenters. The van der Waals surface area contributed by atoms with Crippen LogP contribution in [0.15, 0.2) is 54.9 Å². The van der Waals surface area contributed by atoms with E-state index in [1.807, 2.05) is 47.0 Å². The number of hydrogen-bond acceptors (Lipinski definition) is 6. The fourth-order valence-corrected chi connectivity index (χ4v) is 3.65. The van der Waals surface area contributed by atoms with E-state index >= 15 is 0 Å². The SMILES string of the molecule is O=C(Cc1cc(N2CCOCC2)n2nccc2n1)c1nccc2ccccc12. The lowest BCUT2D eigenvalue weighted by molar-refractivity contribution is 0.0989. The third kappa shape index (κ3) is 2.99. The molecule has 0 spiro atoms. The van der Waals surface area contributed by atoms with Crippen molar-refractivity contribution < 1.29 is 9.53 Å². The Morgan fingerprint density at radius 1 is 1.07 bits per heavy atom. The molecular weight excluding hydrogens is 354 g/mol. The maximum Gasteiger partial charge on any atom is 0.187 e. The Labute approximate surface area is 161 Å². The van der Waals surface area contributed by atoms with Crippen molar-refractivity contribution in [3.05, 3.63) is 66.2 Å². The predicted molar refractivity (Wildman–Crippen MR) is 106 cm³/mol. The Bertz CT molecular complexity index is 1160. The highest BCUT2D eigenvalue weighted by molar-refractivity contribution is 6.06. The molecule has 5 rings (SSSR count). The number of fused-ring (bicyclic) bond motifs is 2. The van der Waals surface area contributed by atoms with E-state index < -0.39 is 0 Å². The minimum atomic E-state index is -0.0407. The summed E-state index contributed by atoms with van der Waals surface area (Å²) in [6, 6.07) is 13.5. The molecule has 7 nitrogen and oxygen atoms in total. The van der Waals surface area contributed by atoms with E-state index in [2.05, 4.69) is 20.0 Å². The third-order valence-corrected chi connectivity index (χ3v) is 5.01. The van der Waals surface area contributed by atoms with Gasteiger partial charge < -0.3 is 9.64 Å². The van der Waals surface area contributed by atoms with Gasteiger partial charge in [-0.3, -0.25) is 9.78 Å². The number of Topliss-reactive ketones (excluding diaryl/α,β-unsaturated/α-hetero) is 1. The summed E-state index contributed by atoms with van der Waals surface area (Å²) in [4.78, 5) is 24.2. The molecule has 0 aliphatic carbocycles. The predicted octanol–water partition coefficient (Wildman–Crippen LogP) is 2.54. The first-order valence-corrected chi connectivity index (χ1v) is 9.33. The fourth-order valence-electron chi connectivity index (χ4n) is 3.65. The highest BCUT2D eigenvalue weighted by atomic mass is 16.5. The summed E-state index contributed by atoms with van der Waals surface area (Å²) >= 11 is 0. The maximum atomic E-state index is 13.0. The van der Waals surface area contributed by atoms with Crippen LogP contribution in [0.1, 0.15) is 16.2 Å². The van der Waals surface area contributed by atoms with Gasteiger partial charge in [0.25, 0.3) is 0 Å². The molecule has 0 N–H and O–H groups in total. The molecule has 1 aliphatic rings. The monoisotopic (exact) mass is 373 g/mol. The average molecular weight is 373 g/mol. The molecule has 1 aliphatic heterocycles. The molecule has 0 bridgehead atoms. The number of benzene rings is 1. The zero-order chi connectivity index (χ0) is 18.9. The van der Waals surface area contributed by atoms with Crippen molar-refractivity contribution in [1.82, 2.24) is 19.6 Å². The van der Waals surface area contributed by atoms with Crippen LogP contribution in [0.25, 0.3) is 16.4 Å². The Morgan fingerprint density at radius 2 is 1.93 bits per heavy atom. The number of anilines is 1.